The lowest BCUT2D eigenvalue weighted by molar-refractivity contribution is -0.138. The highest BCUT2D eigenvalue weighted by Gasteiger charge is 2.32. The maximum atomic E-state index is 12.7. The highest BCUT2D eigenvalue weighted by Crippen LogP contribution is 2.33. The van der Waals surface area contributed by atoms with E-state index in [0.29, 0.717) is 5.69 Å². The molecule has 2 rings (SSSR count). The van der Waals surface area contributed by atoms with Gasteiger partial charge in [-0.3, -0.25) is 4.90 Å². The standard InChI is InChI=1S/C20H23NO4/c1-14(18(22)23)21(19(24)25-20(2,3)4)17-13-9-8-12-16(17)15-10-6-5-7-11-15/h5-14H,1-4H3,(H,22,23)/t14-/m1/s1. The Morgan fingerprint density at radius 1 is 1.00 bits per heavy atom. The first-order chi connectivity index (χ1) is 11.7. The number of benzene rings is 2. The summed E-state index contributed by atoms with van der Waals surface area (Å²) in [5, 5.41) is 9.47. The smallest absolute Gasteiger partial charge is 0.415 e. The van der Waals surface area contributed by atoms with Gasteiger partial charge in [-0.2, -0.15) is 0 Å². The predicted octanol–water partition coefficient (Wildman–Crippen LogP) is 4.57. The number of ether oxygens (including phenoxy) is 1. The first-order valence-electron chi connectivity index (χ1n) is 8.10. The van der Waals surface area contributed by atoms with Crippen molar-refractivity contribution in [1.29, 1.82) is 0 Å². The summed E-state index contributed by atoms with van der Waals surface area (Å²) in [5.41, 5.74) is 1.43. The average molecular weight is 341 g/mol. The topological polar surface area (TPSA) is 66.8 Å². The molecule has 1 N–H and O–H groups in total. The van der Waals surface area contributed by atoms with E-state index in [1.807, 2.05) is 42.5 Å². The Hall–Kier alpha value is -2.82. The second-order valence-corrected chi connectivity index (χ2v) is 6.75. The maximum Gasteiger partial charge on any atom is 0.415 e. The lowest BCUT2D eigenvalue weighted by Crippen LogP contribution is -2.46. The number of carbonyl (C=O) groups excluding carboxylic acids is 1. The van der Waals surface area contributed by atoms with Crippen LogP contribution in [-0.4, -0.2) is 28.8 Å². The number of amides is 1. The van der Waals surface area contributed by atoms with Crippen LogP contribution in [0.15, 0.2) is 54.6 Å². The van der Waals surface area contributed by atoms with Crippen molar-refractivity contribution in [2.45, 2.75) is 39.3 Å². The Bertz CT molecular complexity index is 750. The Morgan fingerprint density at radius 3 is 2.12 bits per heavy atom. The van der Waals surface area contributed by atoms with Gasteiger partial charge in [0.25, 0.3) is 0 Å². The molecule has 0 fully saturated rings. The fourth-order valence-electron chi connectivity index (χ4n) is 2.43. The van der Waals surface area contributed by atoms with E-state index in [2.05, 4.69) is 0 Å². The zero-order valence-electron chi connectivity index (χ0n) is 14.9. The van der Waals surface area contributed by atoms with Crippen LogP contribution in [0.2, 0.25) is 0 Å². The number of hydrogen-bond donors (Lipinski definition) is 1. The summed E-state index contributed by atoms with van der Waals surface area (Å²) in [4.78, 5) is 25.5. The minimum atomic E-state index is -1.10. The summed E-state index contributed by atoms with van der Waals surface area (Å²) in [5.74, 6) is -1.10. The molecule has 0 bridgehead atoms. The van der Waals surface area contributed by atoms with Crippen molar-refractivity contribution in [3.63, 3.8) is 0 Å². The lowest BCUT2D eigenvalue weighted by atomic mass is 10.0. The highest BCUT2D eigenvalue weighted by atomic mass is 16.6. The van der Waals surface area contributed by atoms with E-state index in [1.54, 1.807) is 32.9 Å². The van der Waals surface area contributed by atoms with Gasteiger partial charge in [0.2, 0.25) is 0 Å². The van der Waals surface area contributed by atoms with Crippen LogP contribution in [0.4, 0.5) is 10.5 Å². The van der Waals surface area contributed by atoms with Gasteiger partial charge in [-0.25, -0.2) is 9.59 Å². The quantitative estimate of drug-likeness (QED) is 0.885. The van der Waals surface area contributed by atoms with Crippen LogP contribution in [0.3, 0.4) is 0 Å². The number of carboxylic acids is 1. The SMILES string of the molecule is C[C@H](C(=O)O)N(C(=O)OC(C)(C)C)c1ccccc1-c1ccccc1. The summed E-state index contributed by atoms with van der Waals surface area (Å²) in [6.07, 6.45) is -0.689. The van der Waals surface area contributed by atoms with Gasteiger partial charge in [0.1, 0.15) is 11.6 Å². The highest BCUT2D eigenvalue weighted by molar-refractivity contribution is 5.99. The van der Waals surface area contributed by atoms with Crippen LogP contribution >= 0.6 is 0 Å². The summed E-state index contributed by atoms with van der Waals surface area (Å²) in [6, 6.07) is 15.7. The number of rotatable bonds is 4. The van der Waals surface area contributed by atoms with Gasteiger partial charge < -0.3 is 9.84 Å². The van der Waals surface area contributed by atoms with E-state index >= 15 is 0 Å². The largest absolute Gasteiger partial charge is 0.480 e. The molecule has 0 saturated carbocycles. The van der Waals surface area contributed by atoms with Crippen LogP contribution in [0.25, 0.3) is 11.1 Å². The van der Waals surface area contributed by atoms with Gasteiger partial charge in [-0.15, -0.1) is 0 Å². The Morgan fingerprint density at radius 2 is 1.56 bits per heavy atom. The molecule has 25 heavy (non-hydrogen) atoms. The first-order valence-corrected chi connectivity index (χ1v) is 8.10. The molecule has 0 saturated heterocycles. The minimum absolute atomic E-state index is 0.498. The summed E-state index contributed by atoms with van der Waals surface area (Å²) >= 11 is 0. The normalized spacial score (nSPS) is 12.3. The fraction of sp³-hybridized carbons (Fsp3) is 0.300. The van der Waals surface area contributed by atoms with Crippen molar-refractivity contribution in [2.75, 3.05) is 4.90 Å². The first kappa shape index (κ1) is 18.5. The van der Waals surface area contributed by atoms with E-state index in [0.717, 1.165) is 11.1 Å². The van der Waals surface area contributed by atoms with Crippen molar-refractivity contribution >= 4 is 17.7 Å². The molecule has 0 aliphatic carbocycles. The molecular formula is C20H23NO4. The third-order valence-electron chi connectivity index (χ3n) is 3.58. The monoisotopic (exact) mass is 341 g/mol. The van der Waals surface area contributed by atoms with Crippen molar-refractivity contribution in [1.82, 2.24) is 0 Å². The summed E-state index contributed by atoms with van der Waals surface area (Å²) in [7, 11) is 0. The number of hydrogen-bond acceptors (Lipinski definition) is 3. The molecule has 0 aliphatic heterocycles. The van der Waals surface area contributed by atoms with Crippen molar-refractivity contribution in [3.05, 3.63) is 54.6 Å². The molecule has 5 nitrogen and oxygen atoms in total. The van der Waals surface area contributed by atoms with Gasteiger partial charge in [-0.05, 0) is 39.3 Å². The van der Waals surface area contributed by atoms with Gasteiger partial charge in [-0.1, -0.05) is 48.5 Å². The zero-order valence-corrected chi connectivity index (χ0v) is 14.9. The fourth-order valence-corrected chi connectivity index (χ4v) is 2.43. The molecule has 0 spiro atoms. The molecule has 2 aromatic carbocycles. The molecule has 0 unspecified atom stereocenters. The molecule has 0 aromatic heterocycles. The molecular weight excluding hydrogens is 318 g/mol. The summed E-state index contributed by atoms with van der Waals surface area (Å²) in [6.45, 7) is 6.71. The van der Waals surface area contributed by atoms with Gasteiger partial charge in [0.05, 0.1) is 5.69 Å². The van der Waals surface area contributed by atoms with Gasteiger partial charge in [0, 0.05) is 5.56 Å². The maximum absolute atomic E-state index is 12.7. The second kappa shape index (κ2) is 7.38. The van der Waals surface area contributed by atoms with Gasteiger partial charge in [0.15, 0.2) is 0 Å². The van der Waals surface area contributed by atoms with Crippen LogP contribution < -0.4 is 4.90 Å². The molecule has 5 heteroatoms. The zero-order chi connectivity index (χ0) is 18.6. The van der Waals surface area contributed by atoms with Crippen LogP contribution in [0.1, 0.15) is 27.7 Å². The van der Waals surface area contributed by atoms with Gasteiger partial charge >= 0.3 is 12.1 Å². The molecule has 0 heterocycles. The molecule has 1 amide bonds. The number of nitrogens with zero attached hydrogens (tertiary/aromatic N) is 1. The number of carbonyl (C=O) groups is 2. The van der Waals surface area contributed by atoms with Crippen LogP contribution in [-0.2, 0) is 9.53 Å². The van der Waals surface area contributed by atoms with Crippen LogP contribution in [0.5, 0.6) is 0 Å². The molecule has 132 valence electrons. The van der Waals surface area contributed by atoms with E-state index in [4.69, 9.17) is 4.74 Å². The van der Waals surface area contributed by atoms with E-state index in [9.17, 15) is 14.7 Å². The molecule has 0 aliphatic rings. The number of carboxylic acid groups (broad SMARTS) is 1. The number of aliphatic carboxylic acids is 1. The van der Waals surface area contributed by atoms with Crippen LogP contribution in [0, 0.1) is 0 Å². The third kappa shape index (κ3) is 4.59. The average Bonchev–Trinajstić information content (AvgIpc) is 2.54. The minimum Gasteiger partial charge on any atom is -0.480 e. The Labute approximate surface area is 147 Å². The number of anilines is 1. The third-order valence-corrected chi connectivity index (χ3v) is 3.58. The van der Waals surface area contributed by atoms with E-state index in [1.165, 1.54) is 11.8 Å². The van der Waals surface area contributed by atoms with Crippen molar-refractivity contribution in [3.8, 4) is 11.1 Å². The van der Waals surface area contributed by atoms with Crippen molar-refractivity contribution < 1.29 is 19.4 Å². The lowest BCUT2D eigenvalue weighted by Gasteiger charge is -2.31. The van der Waals surface area contributed by atoms with Crippen molar-refractivity contribution in [2.24, 2.45) is 0 Å². The van der Waals surface area contributed by atoms with E-state index < -0.39 is 23.7 Å². The molecule has 0 radical (unpaired) electrons. The Balaban J connectivity index is 2.55. The summed E-state index contributed by atoms with van der Waals surface area (Å²) < 4.78 is 5.44. The second-order valence-electron chi connectivity index (χ2n) is 6.75. The number of para-hydroxylation sites is 1. The Kier molecular flexibility index (Phi) is 5.47. The predicted molar refractivity (Wildman–Crippen MR) is 97.7 cm³/mol. The molecule has 2 aromatic rings. The van der Waals surface area contributed by atoms with E-state index in [-0.39, 0.29) is 0 Å². The molecule has 1 atom stereocenters.